The Morgan fingerprint density at radius 2 is 1.70 bits per heavy atom. The molecule has 1 amide bonds. The molecule has 7 nitrogen and oxygen atoms in total. The first kappa shape index (κ1) is 19.4. The molecule has 0 bridgehead atoms. The van der Waals surface area contributed by atoms with Crippen LogP contribution < -0.4 is 5.32 Å². The van der Waals surface area contributed by atoms with Gasteiger partial charge in [0.2, 0.25) is 0 Å². The van der Waals surface area contributed by atoms with Crippen LogP contribution in [0.15, 0.2) is 24.3 Å². The van der Waals surface area contributed by atoms with Crippen molar-refractivity contribution in [3.63, 3.8) is 0 Å². The molecule has 1 aromatic rings. The Kier molecular flexibility index (Phi) is 7.42. The summed E-state index contributed by atoms with van der Waals surface area (Å²) in [5.41, 5.74) is 1.11. The van der Waals surface area contributed by atoms with Gasteiger partial charge in [0.25, 0.3) is 5.91 Å². The monoisotopic (exact) mass is 343 g/mol. The number of hydrogen-bond donors (Lipinski definition) is 1. The Balaban J connectivity index is 2.78. The molecular formula is C15H22NO6P. The van der Waals surface area contributed by atoms with Crippen LogP contribution in [0.4, 0.5) is 0 Å². The van der Waals surface area contributed by atoms with Gasteiger partial charge in [-0.1, -0.05) is 19.1 Å². The van der Waals surface area contributed by atoms with Crippen molar-refractivity contribution in [3.8, 4) is 0 Å². The number of rotatable bonds is 8. The SMILES string of the molecule is CC[C@@H](NC(=O)c1ccc(CP(=O)(OC)OC)cc1)C(=O)OC. The molecular weight excluding hydrogens is 321 g/mol. The maximum Gasteiger partial charge on any atom is 0.334 e. The summed E-state index contributed by atoms with van der Waals surface area (Å²) in [6.45, 7) is 1.78. The van der Waals surface area contributed by atoms with E-state index < -0.39 is 19.6 Å². The second-order valence-electron chi connectivity index (χ2n) is 4.79. The second-order valence-corrected chi connectivity index (χ2v) is 7.06. The van der Waals surface area contributed by atoms with Crippen LogP contribution in [0.5, 0.6) is 0 Å². The zero-order valence-corrected chi connectivity index (χ0v) is 14.6. The molecule has 128 valence electrons. The van der Waals surface area contributed by atoms with E-state index in [0.29, 0.717) is 17.5 Å². The third-order valence-corrected chi connectivity index (χ3v) is 5.21. The zero-order chi connectivity index (χ0) is 17.5. The maximum absolute atomic E-state index is 12.1. The number of benzene rings is 1. The van der Waals surface area contributed by atoms with E-state index in [-0.39, 0.29) is 12.1 Å². The standard InChI is InChI=1S/C15H22NO6P/c1-5-13(15(18)20-2)16-14(17)12-8-6-11(7-9-12)10-23(19,21-3)22-4/h6-9,13H,5,10H2,1-4H3,(H,16,17)/t13-/m1/s1. The minimum Gasteiger partial charge on any atom is -0.467 e. The second kappa shape index (κ2) is 8.82. The van der Waals surface area contributed by atoms with Crippen molar-refractivity contribution in [1.82, 2.24) is 5.32 Å². The van der Waals surface area contributed by atoms with Gasteiger partial charge in [0.15, 0.2) is 0 Å². The molecule has 0 aromatic heterocycles. The number of carbonyl (C=O) groups is 2. The van der Waals surface area contributed by atoms with E-state index in [1.807, 2.05) is 0 Å². The van der Waals surface area contributed by atoms with Gasteiger partial charge >= 0.3 is 13.6 Å². The lowest BCUT2D eigenvalue weighted by atomic mass is 10.1. The number of hydrogen-bond acceptors (Lipinski definition) is 6. The van der Waals surface area contributed by atoms with E-state index in [1.165, 1.54) is 21.3 Å². The average Bonchev–Trinajstić information content (AvgIpc) is 2.59. The van der Waals surface area contributed by atoms with Crippen molar-refractivity contribution < 1.29 is 27.9 Å². The summed E-state index contributed by atoms with van der Waals surface area (Å²) in [5, 5.41) is 2.61. The molecule has 0 saturated heterocycles. The molecule has 0 heterocycles. The van der Waals surface area contributed by atoms with Crippen molar-refractivity contribution >= 4 is 19.5 Å². The molecule has 0 aliphatic heterocycles. The van der Waals surface area contributed by atoms with E-state index in [0.717, 1.165) is 0 Å². The van der Waals surface area contributed by atoms with Crippen LogP contribution in [0.3, 0.4) is 0 Å². The molecule has 0 unspecified atom stereocenters. The summed E-state index contributed by atoms with van der Waals surface area (Å²) in [6, 6.07) is 5.82. The van der Waals surface area contributed by atoms with E-state index in [9.17, 15) is 14.2 Å². The van der Waals surface area contributed by atoms with E-state index in [4.69, 9.17) is 9.05 Å². The molecule has 0 saturated carbocycles. The van der Waals surface area contributed by atoms with Gasteiger partial charge in [0.05, 0.1) is 13.3 Å². The number of carbonyl (C=O) groups excluding carboxylic acids is 2. The largest absolute Gasteiger partial charge is 0.467 e. The minimum absolute atomic E-state index is 0.113. The summed E-state index contributed by atoms with van der Waals surface area (Å²) in [7, 11) is 0.772. The number of nitrogens with one attached hydrogen (secondary N) is 1. The summed E-state index contributed by atoms with van der Waals surface area (Å²) in [5.74, 6) is -0.867. The summed E-state index contributed by atoms with van der Waals surface area (Å²) >= 11 is 0. The Morgan fingerprint density at radius 1 is 1.13 bits per heavy atom. The van der Waals surface area contributed by atoms with Crippen LogP contribution in [-0.2, 0) is 29.3 Å². The fourth-order valence-electron chi connectivity index (χ4n) is 1.90. The predicted octanol–water partition coefficient (Wildman–Crippen LogP) is 2.35. The van der Waals surface area contributed by atoms with Crippen molar-refractivity contribution in [2.45, 2.75) is 25.5 Å². The smallest absolute Gasteiger partial charge is 0.334 e. The summed E-state index contributed by atoms with van der Waals surface area (Å²) < 4.78 is 26.4. The van der Waals surface area contributed by atoms with E-state index in [1.54, 1.807) is 31.2 Å². The van der Waals surface area contributed by atoms with E-state index >= 15 is 0 Å². The number of esters is 1. The lowest BCUT2D eigenvalue weighted by Gasteiger charge is -2.15. The maximum atomic E-state index is 12.1. The highest BCUT2D eigenvalue weighted by atomic mass is 31.2. The number of methoxy groups -OCH3 is 1. The van der Waals surface area contributed by atoms with Gasteiger partial charge in [-0.25, -0.2) is 4.79 Å². The first-order valence-electron chi connectivity index (χ1n) is 7.07. The lowest BCUT2D eigenvalue weighted by molar-refractivity contribution is -0.142. The third-order valence-electron chi connectivity index (χ3n) is 3.35. The Hall–Kier alpha value is -1.69. The molecule has 1 rings (SSSR count). The van der Waals surface area contributed by atoms with Crippen molar-refractivity contribution in [1.29, 1.82) is 0 Å². The van der Waals surface area contributed by atoms with Crippen LogP contribution in [0.2, 0.25) is 0 Å². The minimum atomic E-state index is -3.15. The highest BCUT2D eigenvalue weighted by Gasteiger charge is 2.22. The number of ether oxygens (including phenoxy) is 1. The molecule has 1 N–H and O–H groups in total. The third kappa shape index (κ3) is 5.46. The molecule has 23 heavy (non-hydrogen) atoms. The first-order chi connectivity index (χ1) is 10.9. The van der Waals surface area contributed by atoms with Gasteiger partial charge in [-0.2, -0.15) is 0 Å². The quantitative estimate of drug-likeness (QED) is 0.575. The highest BCUT2D eigenvalue weighted by Crippen LogP contribution is 2.49. The fraction of sp³-hybridized carbons (Fsp3) is 0.467. The Bertz CT molecular complexity index is 578. The predicted molar refractivity (Wildman–Crippen MR) is 85.3 cm³/mol. The molecule has 0 radical (unpaired) electrons. The lowest BCUT2D eigenvalue weighted by Crippen LogP contribution is -2.41. The zero-order valence-electron chi connectivity index (χ0n) is 13.7. The fourth-order valence-corrected chi connectivity index (χ4v) is 2.97. The first-order valence-corrected chi connectivity index (χ1v) is 8.80. The number of amides is 1. The molecule has 0 spiro atoms. The van der Waals surface area contributed by atoms with E-state index in [2.05, 4.69) is 10.1 Å². The van der Waals surface area contributed by atoms with Crippen LogP contribution in [0, 0.1) is 0 Å². The van der Waals surface area contributed by atoms with Crippen LogP contribution in [0.25, 0.3) is 0 Å². The molecule has 1 aromatic carbocycles. The van der Waals surface area contributed by atoms with Crippen LogP contribution in [-0.4, -0.2) is 39.2 Å². The van der Waals surface area contributed by atoms with Gasteiger partial charge in [-0.3, -0.25) is 9.36 Å². The Labute approximate surface area is 135 Å². The topological polar surface area (TPSA) is 90.9 Å². The normalized spacial score (nSPS) is 12.5. The van der Waals surface area contributed by atoms with Gasteiger partial charge in [0, 0.05) is 19.8 Å². The molecule has 8 heteroatoms. The van der Waals surface area contributed by atoms with Crippen molar-refractivity contribution in [3.05, 3.63) is 35.4 Å². The van der Waals surface area contributed by atoms with Gasteiger partial charge < -0.3 is 19.1 Å². The summed E-state index contributed by atoms with van der Waals surface area (Å²) in [4.78, 5) is 23.6. The van der Waals surface area contributed by atoms with Crippen molar-refractivity contribution in [2.75, 3.05) is 21.3 Å². The molecule has 0 aliphatic rings. The molecule has 0 fully saturated rings. The van der Waals surface area contributed by atoms with Crippen molar-refractivity contribution in [2.24, 2.45) is 0 Å². The van der Waals surface area contributed by atoms with Gasteiger partial charge in [0.1, 0.15) is 6.04 Å². The van der Waals surface area contributed by atoms with Gasteiger partial charge in [-0.15, -0.1) is 0 Å². The van der Waals surface area contributed by atoms with Gasteiger partial charge in [-0.05, 0) is 24.1 Å². The van der Waals surface area contributed by atoms with Crippen LogP contribution >= 0.6 is 7.60 Å². The highest BCUT2D eigenvalue weighted by molar-refractivity contribution is 7.52. The van der Waals surface area contributed by atoms with Crippen LogP contribution in [0.1, 0.15) is 29.3 Å². The Morgan fingerprint density at radius 3 is 2.13 bits per heavy atom. The molecule has 0 aliphatic carbocycles. The molecule has 1 atom stereocenters. The summed E-state index contributed by atoms with van der Waals surface area (Å²) in [6.07, 6.45) is 0.545. The average molecular weight is 343 g/mol.